The van der Waals surface area contributed by atoms with Gasteiger partial charge in [0.25, 0.3) is 5.91 Å². The number of methoxy groups -OCH3 is 1. The molecule has 1 amide bonds. The number of carbonyl (C=O) groups excluding carboxylic acids is 1. The SMILES string of the molecule is COc1ccc(Cl)c2sc(N(CCN(C)C)C(=O)c3ccc(SC)cc3)nc12. The highest BCUT2D eigenvalue weighted by Gasteiger charge is 2.23. The smallest absolute Gasteiger partial charge is 0.260 e. The summed E-state index contributed by atoms with van der Waals surface area (Å²) in [7, 11) is 5.56. The molecule has 0 aliphatic rings. The van der Waals surface area contributed by atoms with E-state index in [4.69, 9.17) is 21.3 Å². The Morgan fingerprint density at radius 1 is 1.18 bits per heavy atom. The lowest BCUT2D eigenvalue weighted by Gasteiger charge is -2.22. The highest BCUT2D eigenvalue weighted by molar-refractivity contribution is 7.98. The van der Waals surface area contributed by atoms with E-state index in [0.717, 1.165) is 16.1 Å². The van der Waals surface area contributed by atoms with E-state index >= 15 is 0 Å². The number of aromatic nitrogens is 1. The molecule has 5 nitrogen and oxygen atoms in total. The van der Waals surface area contributed by atoms with Gasteiger partial charge in [0.05, 0.1) is 16.8 Å². The second-order valence-electron chi connectivity index (χ2n) is 6.41. The number of thiazole rings is 1. The predicted molar refractivity (Wildman–Crippen MR) is 120 cm³/mol. The van der Waals surface area contributed by atoms with E-state index in [1.165, 1.54) is 11.3 Å². The first kappa shape index (κ1) is 20.9. The molecule has 1 heterocycles. The number of rotatable bonds is 7. The van der Waals surface area contributed by atoms with Crippen molar-refractivity contribution in [3.63, 3.8) is 0 Å². The van der Waals surface area contributed by atoms with E-state index in [1.54, 1.807) is 35.9 Å². The van der Waals surface area contributed by atoms with Gasteiger partial charge in [-0.1, -0.05) is 22.9 Å². The molecule has 0 aliphatic heterocycles. The fraction of sp³-hybridized carbons (Fsp3) is 0.300. The largest absolute Gasteiger partial charge is 0.494 e. The third kappa shape index (κ3) is 4.43. The summed E-state index contributed by atoms with van der Waals surface area (Å²) in [4.78, 5) is 22.8. The molecule has 0 saturated heterocycles. The van der Waals surface area contributed by atoms with Crippen molar-refractivity contribution in [1.29, 1.82) is 0 Å². The lowest BCUT2D eigenvalue weighted by Crippen LogP contribution is -2.36. The Kier molecular flexibility index (Phi) is 6.82. The number of hydrogen-bond donors (Lipinski definition) is 0. The molecule has 2 aromatic carbocycles. The number of carbonyl (C=O) groups is 1. The molecule has 0 N–H and O–H groups in total. The van der Waals surface area contributed by atoms with Crippen molar-refractivity contribution >= 4 is 56.0 Å². The second kappa shape index (κ2) is 9.13. The van der Waals surface area contributed by atoms with Crippen molar-refractivity contribution in [2.45, 2.75) is 4.90 Å². The minimum atomic E-state index is -0.0800. The van der Waals surface area contributed by atoms with Gasteiger partial charge in [-0.15, -0.1) is 11.8 Å². The number of likely N-dealkylation sites (N-methyl/N-ethyl adjacent to an activating group) is 1. The molecule has 0 aliphatic carbocycles. The molecule has 0 radical (unpaired) electrons. The maximum Gasteiger partial charge on any atom is 0.260 e. The van der Waals surface area contributed by atoms with Crippen molar-refractivity contribution in [3.8, 4) is 5.75 Å². The number of ether oxygens (including phenoxy) is 1. The molecule has 3 aromatic rings. The first-order valence-corrected chi connectivity index (χ1v) is 11.1. The lowest BCUT2D eigenvalue weighted by atomic mass is 10.2. The highest BCUT2D eigenvalue weighted by atomic mass is 35.5. The summed E-state index contributed by atoms with van der Waals surface area (Å²) >= 11 is 9.41. The summed E-state index contributed by atoms with van der Waals surface area (Å²) in [5.74, 6) is 0.565. The summed E-state index contributed by atoms with van der Waals surface area (Å²) < 4.78 is 6.23. The van der Waals surface area contributed by atoms with E-state index in [9.17, 15) is 4.79 Å². The number of fused-ring (bicyclic) bond motifs is 1. The van der Waals surface area contributed by atoms with Crippen LogP contribution in [0.5, 0.6) is 5.75 Å². The van der Waals surface area contributed by atoms with Crippen molar-refractivity contribution in [2.24, 2.45) is 0 Å². The third-order valence-corrected chi connectivity index (χ3v) is 6.53. The van der Waals surface area contributed by atoms with Gasteiger partial charge < -0.3 is 9.64 Å². The summed E-state index contributed by atoms with van der Waals surface area (Å²) in [6, 6.07) is 11.2. The van der Waals surface area contributed by atoms with Gasteiger partial charge in [0.15, 0.2) is 5.13 Å². The van der Waals surface area contributed by atoms with Gasteiger partial charge in [0.1, 0.15) is 11.3 Å². The fourth-order valence-electron chi connectivity index (χ4n) is 2.69. The van der Waals surface area contributed by atoms with Crippen LogP contribution in [-0.2, 0) is 0 Å². The molecule has 28 heavy (non-hydrogen) atoms. The Balaban J connectivity index is 2.02. The molecule has 0 saturated carbocycles. The quantitative estimate of drug-likeness (QED) is 0.494. The summed E-state index contributed by atoms with van der Waals surface area (Å²) in [5, 5.41) is 1.21. The van der Waals surface area contributed by atoms with Crippen LogP contribution in [0.3, 0.4) is 0 Å². The molecule has 0 atom stereocenters. The minimum absolute atomic E-state index is 0.0800. The molecular formula is C20H22ClN3O2S2. The molecule has 0 fully saturated rings. The molecule has 3 rings (SSSR count). The van der Waals surface area contributed by atoms with E-state index in [1.807, 2.05) is 49.5 Å². The number of thioether (sulfide) groups is 1. The van der Waals surface area contributed by atoms with Gasteiger partial charge in [0, 0.05) is 23.5 Å². The molecule has 1 aromatic heterocycles. The monoisotopic (exact) mass is 435 g/mol. The second-order valence-corrected chi connectivity index (χ2v) is 8.68. The minimum Gasteiger partial charge on any atom is -0.494 e. The zero-order valence-corrected chi connectivity index (χ0v) is 18.6. The Labute approximate surface area is 178 Å². The van der Waals surface area contributed by atoms with Crippen LogP contribution in [0.4, 0.5) is 5.13 Å². The Bertz CT molecular complexity index is 973. The van der Waals surface area contributed by atoms with Gasteiger partial charge in [-0.2, -0.15) is 0 Å². The third-order valence-electron chi connectivity index (χ3n) is 4.25. The number of hydrogen-bond acceptors (Lipinski definition) is 6. The van der Waals surface area contributed by atoms with Crippen molar-refractivity contribution < 1.29 is 9.53 Å². The summed E-state index contributed by atoms with van der Waals surface area (Å²) in [5.41, 5.74) is 1.31. The van der Waals surface area contributed by atoms with Gasteiger partial charge in [-0.3, -0.25) is 9.69 Å². The van der Waals surface area contributed by atoms with Gasteiger partial charge in [-0.25, -0.2) is 4.98 Å². The Morgan fingerprint density at radius 3 is 2.50 bits per heavy atom. The van der Waals surface area contributed by atoms with Gasteiger partial charge in [0.2, 0.25) is 0 Å². The lowest BCUT2D eigenvalue weighted by molar-refractivity contribution is 0.0985. The molecule has 0 spiro atoms. The number of nitrogens with zero attached hydrogens (tertiary/aromatic N) is 3. The summed E-state index contributed by atoms with van der Waals surface area (Å²) in [6.07, 6.45) is 2.01. The van der Waals surface area contributed by atoms with Crippen LogP contribution in [0.2, 0.25) is 5.02 Å². The Hall–Kier alpha value is -1.80. The average molecular weight is 436 g/mol. The number of halogens is 1. The van der Waals surface area contributed by atoms with E-state index in [-0.39, 0.29) is 5.91 Å². The normalized spacial score (nSPS) is 11.2. The summed E-state index contributed by atoms with van der Waals surface area (Å²) in [6.45, 7) is 1.24. The van der Waals surface area contributed by atoms with E-state index in [0.29, 0.717) is 33.5 Å². The molecule has 0 unspecified atom stereocenters. The van der Waals surface area contributed by atoms with Crippen LogP contribution in [0.25, 0.3) is 10.2 Å². The van der Waals surface area contributed by atoms with E-state index in [2.05, 4.69) is 0 Å². The number of anilines is 1. The van der Waals surface area contributed by atoms with E-state index < -0.39 is 0 Å². The van der Waals surface area contributed by atoms with Crippen LogP contribution in [0.1, 0.15) is 10.4 Å². The van der Waals surface area contributed by atoms with Crippen molar-refractivity contribution in [2.75, 3.05) is 45.5 Å². The molecule has 8 heteroatoms. The van der Waals surface area contributed by atoms with Crippen LogP contribution in [0.15, 0.2) is 41.3 Å². The van der Waals surface area contributed by atoms with Crippen LogP contribution in [0, 0.1) is 0 Å². The zero-order chi connectivity index (χ0) is 20.3. The van der Waals surface area contributed by atoms with Crippen LogP contribution < -0.4 is 9.64 Å². The standard InChI is InChI=1S/C20H22ClN3O2S2/c1-23(2)11-12-24(19(25)13-5-7-14(27-4)8-6-13)20-22-17-16(26-3)10-9-15(21)18(17)28-20/h5-10H,11-12H2,1-4H3. The first-order chi connectivity index (χ1) is 13.4. The zero-order valence-electron chi connectivity index (χ0n) is 16.2. The van der Waals surface area contributed by atoms with Crippen LogP contribution in [-0.4, -0.2) is 56.3 Å². The van der Waals surface area contributed by atoms with Gasteiger partial charge >= 0.3 is 0 Å². The maximum absolute atomic E-state index is 13.3. The predicted octanol–water partition coefficient (Wildman–Crippen LogP) is 4.89. The maximum atomic E-state index is 13.3. The van der Waals surface area contributed by atoms with Gasteiger partial charge in [-0.05, 0) is 56.7 Å². The number of benzene rings is 2. The molecule has 0 bridgehead atoms. The molecule has 148 valence electrons. The first-order valence-electron chi connectivity index (χ1n) is 8.68. The molecular weight excluding hydrogens is 414 g/mol. The topological polar surface area (TPSA) is 45.7 Å². The Morgan fingerprint density at radius 2 is 1.89 bits per heavy atom. The fourth-order valence-corrected chi connectivity index (χ4v) is 4.38. The van der Waals surface area contributed by atoms with Crippen LogP contribution >= 0.6 is 34.7 Å². The highest BCUT2D eigenvalue weighted by Crippen LogP contribution is 2.39. The van der Waals surface area contributed by atoms with Crippen molar-refractivity contribution in [3.05, 3.63) is 47.0 Å². The average Bonchev–Trinajstić information content (AvgIpc) is 3.14. The number of amides is 1. The van der Waals surface area contributed by atoms with Crippen molar-refractivity contribution in [1.82, 2.24) is 9.88 Å².